The molecule has 0 unspecified atom stereocenters. The Balaban J connectivity index is 3.23. The van der Waals surface area contributed by atoms with Gasteiger partial charge in [-0.15, -0.1) is 0 Å². The van der Waals surface area contributed by atoms with E-state index >= 15 is 0 Å². The molecular weight excluding hydrogens is 298 g/mol. The van der Waals surface area contributed by atoms with Gasteiger partial charge in [0.2, 0.25) is 10.0 Å². The van der Waals surface area contributed by atoms with E-state index in [0.29, 0.717) is 6.54 Å². The molecule has 0 atom stereocenters. The molecule has 1 aromatic carbocycles. The summed E-state index contributed by atoms with van der Waals surface area (Å²) in [6, 6.07) is 1.99. The Bertz CT molecular complexity index is 573. The monoisotopic (exact) mass is 320 g/mol. The average molecular weight is 320 g/mol. The van der Waals surface area contributed by atoms with Crippen molar-refractivity contribution in [2.24, 2.45) is 0 Å². The zero-order valence-corrected chi connectivity index (χ0v) is 13.4. The maximum atomic E-state index is 14.4. The van der Waals surface area contributed by atoms with Crippen LogP contribution in [0.2, 0.25) is 0 Å². The highest BCUT2D eigenvalue weighted by atomic mass is 32.2. The first-order valence-electron chi connectivity index (χ1n) is 7.07. The zero-order valence-electron chi connectivity index (χ0n) is 12.6. The van der Waals surface area contributed by atoms with E-state index in [1.165, 1.54) is 0 Å². The van der Waals surface area contributed by atoms with Gasteiger partial charge in [-0.1, -0.05) is 20.8 Å². The van der Waals surface area contributed by atoms with E-state index in [0.717, 1.165) is 22.9 Å². The molecule has 0 fully saturated rings. The van der Waals surface area contributed by atoms with Gasteiger partial charge in [-0.05, 0) is 25.1 Å². The van der Waals surface area contributed by atoms with Crippen LogP contribution in [0.15, 0.2) is 17.0 Å². The lowest BCUT2D eigenvalue weighted by Crippen LogP contribution is -2.31. The molecule has 0 aromatic heterocycles. The fourth-order valence-corrected chi connectivity index (χ4v) is 3.58. The highest BCUT2D eigenvalue weighted by Crippen LogP contribution is 2.24. The Hall–Kier alpha value is -1.05. The van der Waals surface area contributed by atoms with E-state index < -0.39 is 26.6 Å². The molecule has 0 bridgehead atoms. The summed E-state index contributed by atoms with van der Waals surface area (Å²) in [7, 11) is -3.94. The fraction of sp³-hybridized carbons (Fsp3) is 0.571. The van der Waals surface area contributed by atoms with E-state index in [1.807, 2.05) is 6.92 Å². The molecule has 0 radical (unpaired) electrons. The van der Waals surface area contributed by atoms with E-state index in [2.05, 4.69) is 5.32 Å². The third kappa shape index (κ3) is 3.99. The van der Waals surface area contributed by atoms with Gasteiger partial charge in [-0.25, -0.2) is 17.2 Å². The van der Waals surface area contributed by atoms with Crippen LogP contribution in [0.3, 0.4) is 0 Å². The lowest BCUT2D eigenvalue weighted by atomic mass is 10.2. The van der Waals surface area contributed by atoms with Crippen molar-refractivity contribution < 1.29 is 17.2 Å². The van der Waals surface area contributed by atoms with Gasteiger partial charge in [-0.2, -0.15) is 4.31 Å². The zero-order chi connectivity index (χ0) is 16.0. The minimum absolute atomic E-state index is 0.0346. The van der Waals surface area contributed by atoms with E-state index in [4.69, 9.17) is 0 Å². The van der Waals surface area contributed by atoms with Crippen LogP contribution in [-0.4, -0.2) is 32.4 Å². The maximum absolute atomic E-state index is 14.4. The molecule has 0 aliphatic carbocycles. The molecule has 0 aliphatic heterocycles. The van der Waals surface area contributed by atoms with Crippen LogP contribution in [0.25, 0.3) is 0 Å². The number of nitrogens with zero attached hydrogens (tertiary/aromatic N) is 1. The number of hydrogen-bond donors (Lipinski definition) is 1. The Morgan fingerprint density at radius 2 is 1.76 bits per heavy atom. The van der Waals surface area contributed by atoms with Crippen molar-refractivity contribution in [3.63, 3.8) is 0 Å². The second kappa shape index (κ2) is 7.82. The minimum Gasteiger partial charge on any atom is -0.312 e. The lowest BCUT2D eigenvalue weighted by molar-refractivity contribution is 0.437. The Morgan fingerprint density at radius 1 is 1.14 bits per heavy atom. The molecule has 120 valence electrons. The molecule has 0 saturated carbocycles. The number of hydrogen-bond acceptors (Lipinski definition) is 3. The number of halogens is 2. The van der Waals surface area contributed by atoms with E-state index in [1.54, 1.807) is 13.8 Å². The van der Waals surface area contributed by atoms with Gasteiger partial charge in [-0.3, -0.25) is 0 Å². The maximum Gasteiger partial charge on any atom is 0.245 e. The molecule has 0 amide bonds. The number of nitrogens with one attached hydrogen (secondary N) is 1. The standard InChI is InChI=1S/C14H22F2N2O2S/c1-4-9-17-10-11-12(15)7-8-13(14(11)16)21(19,20)18(5-2)6-3/h7-8,17H,4-6,9-10H2,1-3H3. The van der Waals surface area contributed by atoms with Crippen LogP contribution >= 0.6 is 0 Å². The predicted molar refractivity (Wildman–Crippen MR) is 78.5 cm³/mol. The smallest absolute Gasteiger partial charge is 0.245 e. The summed E-state index contributed by atoms with van der Waals surface area (Å²) in [4.78, 5) is -0.471. The molecule has 1 N–H and O–H groups in total. The topological polar surface area (TPSA) is 49.4 Å². The van der Waals surface area contributed by atoms with E-state index in [-0.39, 0.29) is 25.2 Å². The summed E-state index contributed by atoms with van der Waals surface area (Å²) in [5.41, 5.74) is -0.239. The van der Waals surface area contributed by atoms with Crippen LogP contribution < -0.4 is 5.32 Å². The van der Waals surface area contributed by atoms with Crippen LogP contribution in [-0.2, 0) is 16.6 Å². The first-order chi connectivity index (χ1) is 9.89. The molecule has 21 heavy (non-hydrogen) atoms. The highest BCUT2D eigenvalue weighted by molar-refractivity contribution is 7.89. The SMILES string of the molecule is CCCNCc1c(F)ccc(S(=O)(=O)N(CC)CC)c1F. The summed E-state index contributed by atoms with van der Waals surface area (Å²) >= 11 is 0. The first-order valence-corrected chi connectivity index (χ1v) is 8.51. The van der Waals surface area contributed by atoms with Crippen LogP contribution in [0, 0.1) is 11.6 Å². The molecule has 0 heterocycles. The van der Waals surface area contributed by atoms with Gasteiger partial charge in [0, 0.05) is 25.2 Å². The summed E-state index contributed by atoms with van der Waals surface area (Å²) in [5.74, 6) is -1.75. The van der Waals surface area contributed by atoms with Gasteiger partial charge in [0.25, 0.3) is 0 Å². The van der Waals surface area contributed by atoms with Crippen LogP contribution in [0.5, 0.6) is 0 Å². The Labute approximate surface area is 125 Å². The molecule has 0 spiro atoms. The van der Waals surface area contributed by atoms with Crippen molar-refractivity contribution in [1.82, 2.24) is 9.62 Å². The largest absolute Gasteiger partial charge is 0.312 e. The summed E-state index contributed by atoms with van der Waals surface area (Å²) < 4.78 is 54.0. The lowest BCUT2D eigenvalue weighted by Gasteiger charge is -2.19. The van der Waals surface area contributed by atoms with Crippen molar-refractivity contribution in [2.75, 3.05) is 19.6 Å². The van der Waals surface area contributed by atoms with Crippen LogP contribution in [0.1, 0.15) is 32.8 Å². The fourth-order valence-electron chi connectivity index (χ4n) is 2.03. The first kappa shape index (κ1) is 18.0. The summed E-state index contributed by atoms with van der Waals surface area (Å²) in [6.45, 7) is 6.32. The Morgan fingerprint density at radius 3 is 2.29 bits per heavy atom. The summed E-state index contributed by atoms with van der Waals surface area (Å²) in [5, 5.41) is 2.88. The molecule has 1 rings (SSSR count). The van der Waals surface area contributed by atoms with Gasteiger partial charge in [0.15, 0.2) is 5.82 Å². The van der Waals surface area contributed by atoms with Gasteiger partial charge < -0.3 is 5.32 Å². The normalized spacial score (nSPS) is 12.1. The molecule has 1 aromatic rings. The van der Waals surface area contributed by atoms with Gasteiger partial charge >= 0.3 is 0 Å². The second-order valence-electron chi connectivity index (χ2n) is 4.60. The average Bonchev–Trinajstić information content (AvgIpc) is 2.43. The van der Waals surface area contributed by atoms with E-state index in [9.17, 15) is 17.2 Å². The van der Waals surface area contributed by atoms with Crippen molar-refractivity contribution in [3.05, 3.63) is 29.3 Å². The second-order valence-corrected chi connectivity index (χ2v) is 6.51. The Kier molecular flexibility index (Phi) is 6.70. The number of benzene rings is 1. The van der Waals surface area contributed by atoms with Crippen LogP contribution in [0.4, 0.5) is 8.78 Å². The van der Waals surface area contributed by atoms with Crippen molar-refractivity contribution >= 4 is 10.0 Å². The van der Waals surface area contributed by atoms with Crippen molar-refractivity contribution in [1.29, 1.82) is 0 Å². The molecule has 0 aliphatic rings. The molecule has 0 saturated heterocycles. The molecular formula is C14H22F2N2O2S. The molecule has 7 heteroatoms. The number of sulfonamides is 1. The minimum atomic E-state index is -3.94. The van der Waals surface area contributed by atoms with Crippen molar-refractivity contribution in [2.45, 2.75) is 38.6 Å². The van der Waals surface area contributed by atoms with Crippen molar-refractivity contribution in [3.8, 4) is 0 Å². The summed E-state index contributed by atoms with van der Waals surface area (Å²) in [6.07, 6.45) is 0.820. The third-order valence-electron chi connectivity index (χ3n) is 3.20. The van der Waals surface area contributed by atoms with Gasteiger partial charge in [0.05, 0.1) is 0 Å². The highest BCUT2D eigenvalue weighted by Gasteiger charge is 2.27. The quantitative estimate of drug-likeness (QED) is 0.749. The number of rotatable bonds is 8. The molecule has 4 nitrogen and oxygen atoms in total. The van der Waals surface area contributed by atoms with Gasteiger partial charge in [0.1, 0.15) is 10.7 Å². The third-order valence-corrected chi connectivity index (χ3v) is 5.27. The predicted octanol–water partition coefficient (Wildman–Crippen LogP) is 2.49.